The quantitative estimate of drug-likeness (QED) is 0.560. The van der Waals surface area contributed by atoms with Crippen LogP contribution in [0.15, 0.2) is 42.5 Å². The first kappa shape index (κ1) is 11.5. The standard InChI is InChI=1S/C13H17NO/c1-11(13(14)15)7-5-6-10-12-8-3-2-4-9-12/h2-4,8-9H,1,5-7,10H2,(H2,14,15). The van der Waals surface area contributed by atoms with Crippen molar-refractivity contribution >= 4 is 5.91 Å². The highest BCUT2D eigenvalue weighted by molar-refractivity contribution is 5.91. The SMILES string of the molecule is C=C(CCCCc1ccccc1)C(N)=O. The summed E-state index contributed by atoms with van der Waals surface area (Å²) in [5.74, 6) is -0.380. The fraction of sp³-hybridized carbons (Fsp3) is 0.308. The Morgan fingerprint density at radius 1 is 1.20 bits per heavy atom. The minimum absolute atomic E-state index is 0.380. The maximum Gasteiger partial charge on any atom is 0.244 e. The second kappa shape index (κ2) is 6.02. The number of hydrogen-bond donors (Lipinski definition) is 1. The van der Waals surface area contributed by atoms with Crippen LogP contribution in [0.5, 0.6) is 0 Å². The number of benzene rings is 1. The van der Waals surface area contributed by atoms with Crippen LogP contribution in [0, 0.1) is 0 Å². The van der Waals surface area contributed by atoms with Crippen molar-refractivity contribution in [3.8, 4) is 0 Å². The van der Waals surface area contributed by atoms with Crippen molar-refractivity contribution in [3.63, 3.8) is 0 Å². The predicted octanol–water partition coefficient (Wildman–Crippen LogP) is 2.44. The van der Waals surface area contributed by atoms with Crippen LogP contribution in [0.25, 0.3) is 0 Å². The van der Waals surface area contributed by atoms with Crippen molar-refractivity contribution in [2.45, 2.75) is 25.7 Å². The second-order valence-corrected chi connectivity index (χ2v) is 3.66. The van der Waals surface area contributed by atoms with Gasteiger partial charge in [0, 0.05) is 5.57 Å². The van der Waals surface area contributed by atoms with E-state index in [1.54, 1.807) is 0 Å². The summed E-state index contributed by atoms with van der Waals surface area (Å²) in [6.45, 7) is 3.62. The molecule has 0 aliphatic heterocycles. The van der Waals surface area contributed by atoms with Gasteiger partial charge in [0.15, 0.2) is 0 Å². The lowest BCUT2D eigenvalue weighted by atomic mass is 10.0. The molecule has 80 valence electrons. The van der Waals surface area contributed by atoms with Crippen molar-refractivity contribution in [2.24, 2.45) is 5.73 Å². The maximum atomic E-state index is 10.7. The summed E-state index contributed by atoms with van der Waals surface area (Å²) in [7, 11) is 0. The van der Waals surface area contributed by atoms with Gasteiger partial charge in [0.05, 0.1) is 0 Å². The lowest BCUT2D eigenvalue weighted by Gasteiger charge is -2.02. The van der Waals surface area contributed by atoms with E-state index in [-0.39, 0.29) is 5.91 Å². The lowest BCUT2D eigenvalue weighted by molar-refractivity contribution is -0.114. The van der Waals surface area contributed by atoms with E-state index in [2.05, 4.69) is 18.7 Å². The van der Waals surface area contributed by atoms with Crippen LogP contribution >= 0.6 is 0 Å². The van der Waals surface area contributed by atoms with Crippen LogP contribution in [0.3, 0.4) is 0 Å². The van der Waals surface area contributed by atoms with E-state index >= 15 is 0 Å². The normalized spacial score (nSPS) is 9.87. The molecule has 15 heavy (non-hydrogen) atoms. The zero-order chi connectivity index (χ0) is 11.1. The maximum absolute atomic E-state index is 10.7. The van der Waals surface area contributed by atoms with Crippen LogP contribution < -0.4 is 5.73 Å². The highest BCUT2D eigenvalue weighted by atomic mass is 16.1. The van der Waals surface area contributed by atoms with Crippen LogP contribution in [0.2, 0.25) is 0 Å². The van der Waals surface area contributed by atoms with E-state index in [1.807, 2.05) is 18.2 Å². The Morgan fingerprint density at radius 3 is 2.47 bits per heavy atom. The Balaban J connectivity index is 2.18. The van der Waals surface area contributed by atoms with Gasteiger partial charge >= 0.3 is 0 Å². The van der Waals surface area contributed by atoms with Crippen molar-refractivity contribution < 1.29 is 4.79 Å². The molecule has 0 aliphatic rings. The molecule has 2 nitrogen and oxygen atoms in total. The molecule has 0 saturated carbocycles. The van der Waals surface area contributed by atoms with E-state index in [0.29, 0.717) is 12.0 Å². The number of primary amides is 1. The average molecular weight is 203 g/mol. The molecular weight excluding hydrogens is 186 g/mol. The van der Waals surface area contributed by atoms with Gasteiger partial charge < -0.3 is 5.73 Å². The molecule has 1 amide bonds. The molecular formula is C13H17NO. The number of carbonyl (C=O) groups excluding carboxylic acids is 1. The zero-order valence-electron chi connectivity index (χ0n) is 8.91. The van der Waals surface area contributed by atoms with Gasteiger partial charge in [0.25, 0.3) is 0 Å². The number of amides is 1. The number of hydrogen-bond acceptors (Lipinski definition) is 1. The fourth-order valence-electron chi connectivity index (χ4n) is 1.44. The van der Waals surface area contributed by atoms with Gasteiger partial charge in [-0.2, -0.15) is 0 Å². The fourth-order valence-corrected chi connectivity index (χ4v) is 1.44. The molecule has 0 heterocycles. The van der Waals surface area contributed by atoms with Gasteiger partial charge in [-0.25, -0.2) is 0 Å². The van der Waals surface area contributed by atoms with Gasteiger partial charge in [0.2, 0.25) is 5.91 Å². The van der Waals surface area contributed by atoms with Crippen molar-refractivity contribution in [2.75, 3.05) is 0 Å². The zero-order valence-corrected chi connectivity index (χ0v) is 8.91. The minimum atomic E-state index is -0.380. The van der Waals surface area contributed by atoms with Gasteiger partial charge in [-0.05, 0) is 31.2 Å². The van der Waals surface area contributed by atoms with Crippen LogP contribution in [-0.2, 0) is 11.2 Å². The number of rotatable bonds is 6. The number of aryl methyl sites for hydroxylation is 1. The first-order chi connectivity index (χ1) is 7.20. The highest BCUT2D eigenvalue weighted by Crippen LogP contribution is 2.09. The highest BCUT2D eigenvalue weighted by Gasteiger charge is 2.00. The van der Waals surface area contributed by atoms with Crippen LogP contribution in [0.4, 0.5) is 0 Å². The van der Waals surface area contributed by atoms with Gasteiger partial charge in [-0.1, -0.05) is 36.9 Å². The van der Waals surface area contributed by atoms with Crippen molar-refractivity contribution in [1.29, 1.82) is 0 Å². The van der Waals surface area contributed by atoms with E-state index in [1.165, 1.54) is 5.56 Å². The minimum Gasteiger partial charge on any atom is -0.366 e. The first-order valence-electron chi connectivity index (χ1n) is 5.21. The smallest absolute Gasteiger partial charge is 0.244 e. The van der Waals surface area contributed by atoms with E-state index in [4.69, 9.17) is 5.73 Å². The van der Waals surface area contributed by atoms with Crippen molar-refractivity contribution in [3.05, 3.63) is 48.0 Å². The summed E-state index contributed by atoms with van der Waals surface area (Å²) in [6, 6.07) is 10.3. The van der Waals surface area contributed by atoms with Gasteiger partial charge in [-0.3, -0.25) is 4.79 Å². The average Bonchev–Trinajstić information content (AvgIpc) is 2.25. The molecule has 1 aromatic rings. The summed E-state index contributed by atoms with van der Waals surface area (Å²) in [5.41, 5.74) is 6.96. The molecule has 0 fully saturated rings. The van der Waals surface area contributed by atoms with E-state index < -0.39 is 0 Å². The molecule has 1 rings (SSSR count). The Hall–Kier alpha value is -1.57. The third kappa shape index (κ3) is 4.45. The topological polar surface area (TPSA) is 43.1 Å². The largest absolute Gasteiger partial charge is 0.366 e. The van der Waals surface area contributed by atoms with E-state index in [9.17, 15) is 4.79 Å². The second-order valence-electron chi connectivity index (χ2n) is 3.66. The molecule has 0 saturated heterocycles. The summed E-state index contributed by atoms with van der Waals surface area (Å²) in [5, 5.41) is 0. The number of unbranched alkanes of at least 4 members (excludes halogenated alkanes) is 1. The monoisotopic (exact) mass is 203 g/mol. The number of nitrogens with two attached hydrogens (primary N) is 1. The third-order valence-electron chi connectivity index (χ3n) is 2.39. The molecule has 2 N–H and O–H groups in total. The molecule has 0 radical (unpaired) electrons. The van der Waals surface area contributed by atoms with Crippen LogP contribution in [-0.4, -0.2) is 5.91 Å². The molecule has 0 bridgehead atoms. The van der Waals surface area contributed by atoms with Crippen molar-refractivity contribution in [1.82, 2.24) is 0 Å². The summed E-state index contributed by atoms with van der Waals surface area (Å²) >= 11 is 0. The lowest BCUT2D eigenvalue weighted by Crippen LogP contribution is -2.12. The molecule has 0 aliphatic carbocycles. The first-order valence-corrected chi connectivity index (χ1v) is 5.21. The molecule has 0 atom stereocenters. The summed E-state index contributed by atoms with van der Waals surface area (Å²) < 4.78 is 0. The van der Waals surface area contributed by atoms with Crippen LogP contribution in [0.1, 0.15) is 24.8 Å². The molecule has 2 heteroatoms. The summed E-state index contributed by atoms with van der Waals surface area (Å²) in [4.78, 5) is 10.7. The molecule has 0 aromatic heterocycles. The molecule has 0 spiro atoms. The Labute approximate surface area is 90.8 Å². The Morgan fingerprint density at radius 2 is 1.87 bits per heavy atom. The number of carbonyl (C=O) groups is 1. The molecule has 1 aromatic carbocycles. The molecule has 0 unspecified atom stereocenters. The third-order valence-corrected chi connectivity index (χ3v) is 2.39. The van der Waals surface area contributed by atoms with Gasteiger partial charge in [-0.15, -0.1) is 0 Å². The predicted molar refractivity (Wildman–Crippen MR) is 62.3 cm³/mol. The summed E-state index contributed by atoms with van der Waals surface area (Å²) in [6.07, 6.45) is 3.79. The van der Waals surface area contributed by atoms with E-state index in [0.717, 1.165) is 19.3 Å². The Kier molecular flexibility index (Phi) is 4.61. The van der Waals surface area contributed by atoms with Gasteiger partial charge in [0.1, 0.15) is 0 Å². The Bertz CT molecular complexity index is 330.